The van der Waals surface area contributed by atoms with Gasteiger partial charge in [0.1, 0.15) is 0 Å². The van der Waals surface area contributed by atoms with E-state index in [9.17, 15) is 8.42 Å². The summed E-state index contributed by atoms with van der Waals surface area (Å²) in [7, 11) is -3.42. The molecule has 0 fully saturated rings. The van der Waals surface area contributed by atoms with Gasteiger partial charge in [0.2, 0.25) is 10.0 Å². The summed E-state index contributed by atoms with van der Waals surface area (Å²) >= 11 is 0. The van der Waals surface area contributed by atoms with Crippen LogP contribution in [0.25, 0.3) is 0 Å². The van der Waals surface area contributed by atoms with E-state index in [1.807, 2.05) is 39.8 Å². The van der Waals surface area contributed by atoms with Crippen molar-refractivity contribution in [3.8, 4) is 0 Å². The van der Waals surface area contributed by atoms with E-state index in [0.717, 1.165) is 18.4 Å². The highest BCUT2D eigenvalue weighted by atomic mass is 32.2. The lowest BCUT2D eigenvalue weighted by molar-refractivity contribution is 0.319. The average Bonchev–Trinajstić information content (AvgIpc) is 2.42. The number of hydrogen-bond donors (Lipinski definition) is 1. The fourth-order valence-electron chi connectivity index (χ4n) is 2.22. The van der Waals surface area contributed by atoms with Gasteiger partial charge in [-0.1, -0.05) is 26.0 Å². The molecule has 0 heterocycles. The third-order valence-corrected chi connectivity index (χ3v) is 5.38. The highest BCUT2D eigenvalue weighted by Gasteiger charge is 2.27. The van der Waals surface area contributed by atoms with Crippen molar-refractivity contribution in [2.24, 2.45) is 11.7 Å². The smallest absolute Gasteiger partial charge is 0.243 e. The summed E-state index contributed by atoms with van der Waals surface area (Å²) < 4.78 is 27.1. The summed E-state index contributed by atoms with van der Waals surface area (Å²) in [6.07, 6.45) is 1.80. The number of aryl methyl sites for hydroxylation is 1. The number of sulfonamides is 1. The van der Waals surface area contributed by atoms with Crippen molar-refractivity contribution in [3.05, 3.63) is 29.8 Å². The lowest BCUT2D eigenvalue weighted by Crippen LogP contribution is -2.39. The second-order valence-corrected chi connectivity index (χ2v) is 7.99. The second-order valence-electron chi connectivity index (χ2n) is 6.10. The summed E-state index contributed by atoms with van der Waals surface area (Å²) in [5.74, 6) is 0.297. The third kappa shape index (κ3) is 5.09. The molecule has 0 bridgehead atoms. The normalized spacial score (nSPS) is 12.6. The molecule has 120 valence electrons. The van der Waals surface area contributed by atoms with E-state index in [1.54, 1.807) is 16.4 Å². The van der Waals surface area contributed by atoms with Gasteiger partial charge in [-0.25, -0.2) is 8.42 Å². The summed E-state index contributed by atoms with van der Waals surface area (Å²) in [5.41, 5.74) is 6.62. The van der Waals surface area contributed by atoms with Crippen LogP contribution in [0.4, 0.5) is 0 Å². The SMILES string of the molecule is CC(C)CN(C(C)C)S(=O)(=O)c1ccc(CCCN)cc1. The molecule has 1 aromatic carbocycles. The van der Waals surface area contributed by atoms with Crippen molar-refractivity contribution in [2.45, 2.75) is 51.5 Å². The largest absolute Gasteiger partial charge is 0.330 e. The first-order valence-corrected chi connectivity index (χ1v) is 9.04. The molecular weight excluding hydrogens is 284 g/mol. The Kier molecular flexibility index (Phi) is 6.84. The Labute approximate surface area is 129 Å². The molecule has 0 unspecified atom stereocenters. The Bertz CT molecular complexity index is 522. The van der Waals surface area contributed by atoms with Crippen molar-refractivity contribution in [1.29, 1.82) is 0 Å². The minimum Gasteiger partial charge on any atom is -0.330 e. The van der Waals surface area contributed by atoms with E-state index in [2.05, 4.69) is 0 Å². The minimum absolute atomic E-state index is 0.0469. The molecule has 5 heteroatoms. The van der Waals surface area contributed by atoms with Crippen LogP contribution in [0, 0.1) is 5.92 Å². The molecule has 0 aliphatic heterocycles. The minimum atomic E-state index is -3.42. The molecule has 0 aromatic heterocycles. The first-order chi connectivity index (χ1) is 9.78. The first-order valence-electron chi connectivity index (χ1n) is 7.60. The Morgan fingerprint density at radius 3 is 2.10 bits per heavy atom. The van der Waals surface area contributed by atoms with Crippen molar-refractivity contribution in [1.82, 2.24) is 4.31 Å². The molecule has 0 atom stereocenters. The van der Waals surface area contributed by atoms with Crippen molar-refractivity contribution >= 4 is 10.0 Å². The van der Waals surface area contributed by atoms with Gasteiger partial charge in [-0.3, -0.25) is 0 Å². The van der Waals surface area contributed by atoms with Crippen LogP contribution in [-0.4, -0.2) is 31.9 Å². The monoisotopic (exact) mass is 312 g/mol. The molecule has 0 amide bonds. The maximum Gasteiger partial charge on any atom is 0.243 e. The van der Waals surface area contributed by atoms with Crippen LogP contribution in [0.1, 0.15) is 39.7 Å². The first kappa shape index (κ1) is 18.1. The lowest BCUT2D eigenvalue weighted by atomic mass is 10.1. The molecule has 0 aliphatic rings. The predicted molar refractivity (Wildman–Crippen MR) is 87.7 cm³/mol. The summed E-state index contributed by atoms with van der Waals surface area (Å²) in [4.78, 5) is 0.369. The highest BCUT2D eigenvalue weighted by Crippen LogP contribution is 2.20. The van der Waals surface area contributed by atoms with Gasteiger partial charge in [0.05, 0.1) is 4.90 Å². The summed E-state index contributed by atoms with van der Waals surface area (Å²) in [5, 5.41) is 0. The van der Waals surface area contributed by atoms with E-state index in [4.69, 9.17) is 5.73 Å². The van der Waals surface area contributed by atoms with Gasteiger partial charge in [-0.2, -0.15) is 4.31 Å². The van der Waals surface area contributed by atoms with E-state index >= 15 is 0 Å². The van der Waals surface area contributed by atoms with Crippen LogP contribution in [0.15, 0.2) is 29.2 Å². The topological polar surface area (TPSA) is 63.4 Å². The highest BCUT2D eigenvalue weighted by molar-refractivity contribution is 7.89. The van der Waals surface area contributed by atoms with Gasteiger partial charge in [-0.05, 0) is 56.8 Å². The van der Waals surface area contributed by atoms with Gasteiger partial charge < -0.3 is 5.73 Å². The van der Waals surface area contributed by atoms with Crippen molar-refractivity contribution < 1.29 is 8.42 Å². The molecule has 1 rings (SSSR count). The maximum atomic E-state index is 12.7. The third-order valence-electron chi connectivity index (χ3n) is 3.32. The Hall–Kier alpha value is -0.910. The maximum absolute atomic E-state index is 12.7. The van der Waals surface area contributed by atoms with Gasteiger partial charge in [0, 0.05) is 12.6 Å². The Morgan fingerprint density at radius 2 is 1.67 bits per heavy atom. The number of rotatable bonds is 8. The van der Waals surface area contributed by atoms with Crippen LogP contribution < -0.4 is 5.73 Å². The van der Waals surface area contributed by atoms with E-state index in [1.165, 1.54) is 0 Å². The quantitative estimate of drug-likeness (QED) is 0.802. The van der Waals surface area contributed by atoms with E-state index in [-0.39, 0.29) is 6.04 Å². The number of benzene rings is 1. The van der Waals surface area contributed by atoms with Gasteiger partial charge in [-0.15, -0.1) is 0 Å². The average molecular weight is 312 g/mol. The zero-order valence-electron chi connectivity index (χ0n) is 13.5. The Morgan fingerprint density at radius 1 is 1.10 bits per heavy atom. The fourth-order valence-corrected chi connectivity index (χ4v) is 4.02. The van der Waals surface area contributed by atoms with Crippen LogP contribution in [-0.2, 0) is 16.4 Å². The number of hydrogen-bond acceptors (Lipinski definition) is 3. The Balaban J connectivity index is 2.99. The standard InChI is InChI=1S/C16H28N2O2S/c1-13(2)12-18(14(3)4)21(19,20)16-9-7-15(8-10-16)6-5-11-17/h7-10,13-14H,5-6,11-12,17H2,1-4H3. The molecule has 0 spiro atoms. The number of nitrogens with zero attached hydrogens (tertiary/aromatic N) is 1. The van der Waals surface area contributed by atoms with Crippen LogP contribution >= 0.6 is 0 Å². The molecule has 4 nitrogen and oxygen atoms in total. The molecule has 0 saturated heterocycles. The number of nitrogens with two attached hydrogens (primary N) is 1. The van der Waals surface area contributed by atoms with Gasteiger partial charge >= 0.3 is 0 Å². The lowest BCUT2D eigenvalue weighted by Gasteiger charge is -2.27. The molecular formula is C16H28N2O2S. The van der Waals surface area contributed by atoms with E-state index in [0.29, 0.717) is 23.9 Å². The molecule has 0 radical (unpaired) electrons. The predicted octanol–water partition coefficient (Wildman–Crippen LogP) is 2.63. The zero-order chi connectivity index (χ0) is 16.0. The van der Waals surface area contributed by atoms with Gasteiger partial charge in [0.25, 0.3) is 0 Å². The van der Waals surface area contributed by atoms with Crippen LogP contribution in [0.2, 0.25) is 0 Å². The molecule has 21 heavy (non-hydrogen) atoms. The van der Waals surface area contributed by atoms with E-state index < -0.39 is 10.0 Å². The van der Waals surface area contributed by atoms with Crippen molar-refractivity contribution in [3.63, 3.8) is 0 Å². The fraction of sp³-hybridized carbons (Fsp3) is 0.625. The molecule has 0 saturated carbocycles. The summed E-state index contributed by atoms with van der Waals surface area (Å²) in [6, 6.07) is 7.13. The molecule has 1 aromatic rings. The van der Waals surface area contributed by atoms with Gasteiger partial charge in [0.15, 0.2) is 0 Å². The van der Waals surface area contributed by atoms with Crippen LogP contribution in [0.5, 0.6) is 0 Å². The zero-order valence-corrected chi connectivity index (χ0v) is 14.4. The van der Waals surface area contributed by atoms with Crippen molar-refractivity contribution in [2.75, 3.05) is 13.1 Å². The second kappa shape index (κ2) is 7.92. The van der Waals surface area contributed by atoms with Crippen LogP contribution in [0.3, 0.4) is 0 Å². The molecule has 0 aliphatic carbocycles. The molecule has 2 N–H and O–H groups in total. The summed E-state index contributed by atoms with van der Waals surface area (Å²) in [6.45, 7) is 9.07.